The van der Waals surface area contributed by atoms with E-state index in [1.165, 1.54) is 31.7 Å². The second-order valence-corrected chi connectivity index (χ2v) is 9.22. The first-order valence-electron chi connectivity index (χ1n) is 11.2. The van der Waals surface area contributed by atoms with Crippen LogP contribution in [0.4, 0.5) is 11.5 Å². The van der Waals surface area contributed by atoms with Crippen LogP contribution < -0.4 is 15.5 Å². The van der Waals surface area contributed by atoms with Gasteiger partial charge in [0.15, 0.2) is 5.69 Å². The predicted octanol–water partition coefficient (Wildman–Crippen LogP) is 3.10. The fourth-order valence-electron chi connectivity index (χ4n) is 4.33. The molecular formula is C25H25ClN6O4. The molecule has 1 aromatic carbocycles. The van der Waals surface area contributed by atoms with Crippen molar-refractivity contribution in [3.63, 3.8) is 0 Å². The number of pyridine rings is 1. The lowest BCUT2D eigenvalue weighted by molar-refractivity contribution is -0.122. The Kier molecular flexibility index (Phi) is 6.89. The van der Waals surface area contributed by atoms with Crippen LogP contribution in [0, 0.1) is 0 Å². The van der Waals surface area contributed by atoms with Crippen molar-refractivity contribution in [2.24, 2.45) is 0 Å². The number of halogens is 1. The Bertz CT molecular complexity index is 1320. The van der Waals surface area contributed by atoms with E-state index in [0.29, 0.717) is 5.82 Å². The smallest absolute Gasteiger partial charge is 0.356 e. The topological polar surface area (TPSA) is 137 Å². The monoisotopic (exact) mass is 508 g/mol. The SMILES string of the molecule is CNC(=O)c1cc(Cl)ncc1NC(=O)C1(c2ccccc2C(C)C)CN(c2cnc(C(=O)O)cn2)C1. The first kappa shape index (κ1) is 25.1. The van der Waals surface area contributed by atoms with Crippen LogP contribution in [0.1, 0.15) is 51.7 Å². The Balaban J connectivity index is 1.71. The normalized spacial score (nSPS) is 14.2. The molecule has 10 nitrogen and oxygen atoms in total. The van der Waals surface area contributed by atoms with Gasteiger partial charge >= 0.3 is 5.97 Å². The van der Waals surface area contributed by atoms with Crippen LogP contribution in [-0.4, -0.2) is 58.0 Å². The average molecular weight is 509 g/mol. The molecule has 2 aromatic heterocycles. The van der Waals surface area contributed by atoms with E-state index in [2.05, 4.69) is 39.4 Å². The molecule has 186 valence electrons. The minimum atomic E-state index is -1.17. The van der Waals surface area contributed by atoms with Gasteiger partial charge in [0.25, 0.3) is 5.91 Å². The molecule has 1 fully saturated rings. The van der Waals surface area contributed by atoms with Crippen LogP contribution in [0.25, 0.3) is 0 Å². The number of aromatic nitrogens is 3. The quantitative estimate of drug-likeness (QED) is 0.414. The molecule has 36 heavy (non-hydrogen) atoms. The van der Waals surface area contributed by atoms with Crippen LogP contribution in [0.2, 0.25) is 5.15 Å². The highest BCUT2D eigenvalue weighted by Crippen LogP contribution is 2.41. The molecule has 11 heteroatoms. The van der Waals surface area contributed by atoms with Crippen molar-refractivity contribution in [2.45, 2.75) is 25.2 Å². The van der Waals surface area contributed by atoms with E-state index >= 15 is 0 Å². The van der Waals surface area contributed by atoms with Crippen LogP contribution in [-0.2, 0) is 10.2 Å². The summed E-state index contributed by atoms with van der Waals surface area (Å²) in [4.78, 5) is 51.5. The minimum Gasteiger partial charge on any atom is -0.476 e. The number of nitrogens with zero attached hydrogens (tertiary/aromatic N) is 4. The van der Waals surface area contributed by atoms with Crippen LogP contribution in [0.15, 0.2) is 48.9 Å². The van der Waals surface area contributed by atoms with Gasteiger partial charge in [0.1, 0.15) is 16.4 Å². The molecule has 4 rings (SSSR count). The zero-order valence-electron chi connectivity index (χ0n) is 19.9. The average Bonchev–Trinajstić information content (AvgIpc) is 2.84. The Labute approximate surface area is 212 Å². The number of carbonyl (C=O) groups excluding carboxylic acids is 2. The first-order valence-corrected chi connectivity index (χ1v) is 11.6. The van der Waals surface area contributed by atoms with Crippen LogP contribution in [0.5, 0.6) is 0 Å². The molecule has 0 spiro atoms. The highest BCUT2D eigenvalue weighted by atomic mass is 35.5. The summed E-state index contributed by atoms with van der Waals surface area (Å²) in [6.07, 6.45) is 3.93. The Morgan fingerprint density at radius 3 is 2.42 bits per heavy atom. The number of rotatable bonds is 7. The molecule has 3 aromatic rings. The first-order chi connectivity index (χ1) is 17.2. The van der Waals surface area contributed by atoms with Crippen LogP contribution in [0.3, 0.4) is 0 Å². The fourth-order valence-corrected chi connectivity index (χ4v) is 4.49. The number of hydrogen-bond acceptors (Lipinski definition) is 7. The Morgan fingerprint density at radius 1 is 1.08 bits per heavy atom. The number of anilines is 2. The van der Waals surface area contributed by atoms with E-state index in [1.807, 2.05) is 29.2 Å². The van der Waals surface area contributed by atoms with Gasteiger partial charge in [-0.25, -0.2) is 19.7 Å². The summed E-state index contributed by atoms with van der Waals surface area (Å²) >= 11 is 5.99. The summed E-state index contributed by atoms with van der Waals surface area (Å²) in [6, 6.07) is 9.16. The number of benzene rings is 1. The van der Waals surface area contributed by atoms with Gasteiger partial charge in [-0.1, -0.05) is 49.7 Å². The lowest BCUT2D eigenvalue weighted by Gasteiger charge is -2.50. The fraction of sp³-hybridized carbons (Fsp3) is 0.280. The predicted molar refractivity (Wildman–Crippen MR) is 135 cm³/mol. The van der Waals surface area contributed by atoms with Crippen LogP contribution >= 0.6 is 11.6 Å². The molecule has 1 saturated heterocycles. The number of carboxylic acids is 1. The van der Waals surface area contributed by atoms with Crippen molar-refractivity contribution < 1.29 is 19.5 Å². The van der Waals surface area contributed by atoms with Crippen molar-refractivity contribution in [1.82, 2.24) is 20.3 Å². The van der Waals surface area contributed by atoms with E-state index in [4.69, 9.17) is 16.7 Å². The molecule has 3 heterocycles. The van der Waals surface area contributed by atoms with Crippen molar-refractivity contribution in [2.75, 3.05) is 30.4 Å². The summed E-state index contributed by atoms with van der Waals surface area (Å²) < 4.78 is 0. The van der Waals surface area contributed by atoms with Gasteiger partial charge in [0, 0.05) is 20.1 Å². The zero-order chi connectivity index (χ0) is 26.0. The minimum absolute atomic E-state index is 0.129. The summed E-state index contributed by atoms with van der Waals surface area (Å²) in [5, 5.41) is 14.7. The number of carboxylic acid groups (broad SMARTS) is 1. The molecule has 0 saturated carbocycles. The second-order valence-electron chi connectivity index (χ2n) is 8.83. The van der Waals surface area contributed by atoms with Gasteiger partial charge in [0.05, 0.1) is 29.8 Å². The molecule has 2 amide bonds. The maximum absolute atomic E-state index is 13.9. The molecule has 0 radical (unpaired) electrons. The summed E-state index contributed by atoms with van der Waals surface area (Å²) in [6.45, 7) is 4.67. The maximum Gasteiger partial charge on any atom is 0.356 e. The summed E-state index contributed by atoms with van der Waals surface area (Å²) in [5.74, 6) is -1.26. The number of nitrogens with one attached hydrogen (secondary N) is 2. The zero-order valence-corrected chi connectivity index (χ0v) is 20.7. The molecular weight excluding hydrogens is 484 g/mol. The number of carbonyl (C=O) groups is 3. The highest BCUT2D eigenvalue weighted by molar-refractivity contribution is 6.30. The van der Waals surface area contributed by atoms with Gasteiger partial charge in [-0.3, -0.25) is 9.59 Å². The van der Waals surface area contributed by atoms with Gasteiger partial charge in [-0.2, -0.15) is 0 Å². The second kappa shape index (κ2) is 9.90. The molecule has 0 unspecified atom stereocenters. The van der Waals surface area contributed by atoms with E-state index in [1.54, 1.807) is 0 Å². The van der Waals surface area contributed by atoms with Gasteiger partial charge in [-0.15, -0.1) is 0 Å². The van der Waals surface area contributed by atoms with E-state index in [9.17, 15) is 14.4 Å². The molecule has 0 bridgehead atoms. The van der Waals surface area contributed by atoms with Gasteiger partial charge < -0.3 is 20.6 Å². The third-order valence-electron chi connectivity index (χ3n) is 6.23. The lowest BCUT2D eigenvalue weighted by atomic mass is 9.69. The molecule has 0 atom stereocenters. The number of hydrogen-bond donors (Lipinski definition) is 3. The highest BCUT2D eigenvalue weighted by Gasteiger charge is 2.52. The largest absolute Gasteiger partial charge is 0.476 e. The number of aromatic carboxylic acids is 1. The van der Waals surface area contributed by atoms with Crippen molar-refractivity contribution in [3.8, 4) is 0 Å². The van der Waals surface area contributed by atoms with Gasteiger partial charge in [0.2, 0.25) is 5.91 Å². The lowest BCUT2D eigenvalue weighted by Crippen LogP contribution is -2.66. The Morgan fingerprint density at radius 2 is 1.81 bits per heavy atom. The molecule has 0 aliphatic carbocycles. The standard InChI is InChI=1S/C25H25ClN6O4/c1-14(2)15-6-4-5-7-17(15)25(12-32(13-25)21-11-28-19(10-30-21)23(34)35)24(36)31-18-9-29-20(26)8-16(18)22(33)27-3/h4-11,14H,12-13H2,1-3H3,(H,27,33)(H,31,36)(H,34,35). The molecule has 3 N–H and O–H groups in total. The van der Waals surface area contributed by atoms with E-state index in [0.717, 1.165) is 11.1 Å². The van der Waals surface area contributed by atoms with E-state index < -0.39 is 17.3 Å². The molecule has 1 aliphatic heterocycles. The number of amides is 2. The van der Waals surface area contributed by atoms with Crippen molar-refractivity contribution in [1.29, 1.82) is 0 Å². The summed E-state index contributed by atoms with van der Waals surface area (Å²) in [7, 11) is 1.49. The summed E-state index contributed by atoms with van der Waals surface area (Å²) in [5.41, 5.74) is 1.21. The molecule has 1 aliphatic rings. The third-order valence-corrected chi connectivity index (χ3v) is 6.43. The third kappa shape index (κ3) is 4.59. The van der Waals surface area contributed by atoms with Crippen molar-refractivity contribution >= 4 is 40.9 Å². The Hall–Kier alpha value is -4.05. The maximum atomic E-state index is 13.9. The van der Waals surface area contributed by atoms with E-state index in [-0.39, 0.29) is 47.0 Å². The van der Waals surface area contributed by atoms with Crippen molar-refractivity contribution in [3.05, 3.63) is 76.5 Å². The van der Waals surface area contributed by atoms with Gasteiger partial charge in [-0.05, 0) is 23.1 Å².